The summed E-state index contributed by atoms with van der Waals surface area (Å²) in [5.41, 5.74) is 2.19. The van der Waals surface area contributed by atoms with Crippen LogP contribution < -0.4 is 0 Å². The molecule has 0 aromatic heterocycles. The average Bonchev–Trinajstić information content (AvgIpc) is 2.59. The first-order chi connectivity index (χ1) is 11.3. The van der Waals surface area contributed by atoms with Gasteiger partial charge in [0.15, 0.2) is 5.78 Å². The first kappa shape index (κ1) is 19.1. The van der Waals surface area contributed by atoms with Crippen molar-refractivity contribution in [3.8, 4) is 0 Å². The third kappa shape index (κ3) is 4.22. The highest BCUT2D eigenvalue weighted by atomic mass is 35.5. The van der Waals surface area contributed by atoms with E-state index in [-0.39, 0.29) is 5.78 Å². The van der Waals surface area contributed by atoms with E-state index in [1.165, 1.54) is 19.2 Å². The Labute approximate surface area is 159 Å². The first-order valence-corrected chi connectivity index (χ1v) is 8.53. The summed E-state index contributed by atoms with van der Waals surface area (Å²) in [5, 5.41) is 0. The van der Waals surface area contributed by atoms with Gasteiger partial charge in [0.05, 0.1) is 12.7 Å². The maximum absolute atomic E-state index is 12.6. The monoisotopic (exact) mass is 404 g/mol. The zero-order chi connectivity index (χ0) is 17.9. The van der Waals surface area contributed by atoms with E-state index in [9.17, 15) is 9.59 Å². The standard InChI is InChI=1S/C17H12Cl4O3/c1-24-17(23)10-4-2-9(3-5-10)14(22)11-6-7-12(15(18)19)13(8-11)16(20)21/h2-8,15-16H,1H3. The molecule has 2 rings (SSSR count). The summed E-state index contributed by atoms with van der Waals surface area (Å²) in [6.07, 6.45) is 0. The van der Waals surface area contributed by atoms with E-state index in [0.29, 0.717) is 27.8 Å². The lowest BCUT2D eigenvalue weighted by Crippen LogP contribution is -2.06. The van der Waals surface area contributed by atoms with Crippen LogP contribution in [0, 0.1) is 0 Å². The molecule has 0 fully saturated rings. The Balaban J connectivity index is 2.36. The molecule has 0 amide bonds. The molecule has 7 heteroatoms. The van der Waals surface area contributed by atoms with Crippen LogP contribution in [-0.4, -0.2) is 18.9 Å². The van der Waals surface area contributed by atoms with Gasteiger partial charge in [-0.05, 0) is 29.3 Å². The Morgan fingerprint density at radius 3 is 1.79 bits per heavy atom. The number of ether oxygens (including phenoxy) is 1. The molecule has 0 saturated heterocycles. The van der Waals surface area contributed by atoms with Crippen molar-refractivity contribution in [3.05, 3.63) is 70.3 Å². The molecule has 24 heavy (non-hydrogen) atoms. The number of alkyl halides is 4. The topological polar surface area (TPSA) is 43.4 Å². The predicted molar refractivity (Wildman–Crippen MR) is 96.6 cm³/mol. The van der Waals surface area contributed by atoms with E-state index in [0.717, 1.165) is 0 Å². The molecular weight excluding hydrogens is 394 g/mol. The molecule has 0 spiro atoms. The van der Waals surface area contributed by atoms with Crippen molar-refractivity contribution >= 4 is 58.2 Å². The van der Waals surface area contributed by atoms with Gasteiger partial charge in [0.1, 0.15) is 9.67 Å². The lowest BCUT2D eigenvalue weighted by atomic mass is 9.98. The SMILES string of the molecule is COC(=O)c1ccc(C(=O)c2ccc(C(Cl)Cl)c(C(Cl)Cl)c2)cc1. The average molecular weight is 406 g/mol. The number of esters is 1. The van der Waals surface area contributed by atoms with Crippen molar-refractivity contribution in [2.75, 3.05) is 7.11 Å². The van der Waals surface area contributed by atoms with Gasteiger partial charge in [-0.3, -0.25) is 4.79 Å². The summed E-state index contributed by atoms with van der Waals surface area (Å²) in [7, 11) is 1.29. The fourth-order valence-corrected chi connectivity index (χ4v) is 2.92. The maximum atomic E-state index is 12.6. The van der Waals surface area contributed by atoms with Crippen LogP contribution >= 0.6 is 46.4 Å². The molecule has 0 heterocycles. The summed E-state index contributed by atoms with van der Waals surface area (Å²) < 4.78 is 4.62. The minimum atomic E-state index is -0.866. The minimum absolute atomic E-state index is 0.242. The first-order valence-electron chi connectivity index (χ1n) is 6.78. The Hall–Kier alpha value is -1.26. The Morgan fingerprint density at radius 1 is 0.792 bits per heavy atom. The molecule has 2 aromatic carbocycles. The van der Waals surface area contributed by atoms with Gasteiger partial charge in [0.25, 0.3) is 0 Å². The van der Waals surface area contributed by atoms with Gasteiger partial charge in [0, 0.05) is 11.1 Å². The van der Waals surface area contributed by atoms with Crippen LogP contribution in [-0.2, 0) is 4.74 Å². The second kappa shape index (κ2) is 8.21. The molecule has 0 N–H and O–H groups in total. The molecule has 0 bridgehead atoms. The third-order valence-electron chi connectivity index (χ3n) is 3.39. The van der Waals surface area contributed by atoms with Gasteiger partial charge >= 0.3 is 5.97 Å². The van der Waals surface area contributed by atoms with Crippen LogP contribution in [0.5, 0.6) is 0 Å². The van der Waals surface area contributed by atoms with Crippen molar-refractivity contribution in [3.63, 3.8) is 0 Å². The number of benzene rings is 2. The predicted octanol–water partition coefficient (Wildman–Crippen LogP) is 5.66. The van der Waals surface area contributed by atoms with E-state index < -0.39 is 15.6 Å². The molecule has 126 valence electrons. The molecule has 3 nitrogen and oxygen atoms in total. The fraction of sp³-hybridized carbons (Fsp3) is 0.176. The van der Waals surface area contributed by atoms with Gasteiger partial charge in [-0.15, -0.1) is 46.4 Å². The van der Waals surface area contributed by atoms with Gasteiger partial charge in [-0.2, -0.15) is 0 Å². The van der Waals surface area contributed by atoms with E-state index >= 15 is 0 Å². The Morgan fingerprint density at radius 2 is 1.29 bits per heavy atom. The molecule has 0 aliphatic carbocycles. The van der Waals surface area contributed by atoms with Crippen molar-refractivity contribution in [1.82, 2.24) is 0 Å². The quantitative estimate of drug-likeness (QED) is 0.366. The summed E-state index contributed by atoms with van der Waals surface area (Å²) in [6.45, 7) is 0. The van der Waals surface area contributed by atoms with Gasteiger partial charge in [-0.1, -0.05) is 24.3 Å². The number of hydrogen-bond acceptors (Lipinski definition) is 3. The zero-order valence-corrected chi connectivity index (χ0v) is 15.5. The van der Waals surface area contributed by atoms with Gasteiger partial charge in [-0.25, -0.2) is 4.79 Å². The van der Waals surface area contributed by atoms with Crippen molar-refractivity contribution in [2.45, 2.75) is 9.67 Å². The smallest absolute Gasteiger partial charge is 0.337 e. The number of methoxy groups -OCH3 is 1. The van der Waals surface area contributed by atoms with E-state index in [1.807, 2.05) is 0 Å². The largest absolute Gasteiger partial charge is 0.465 e. The molecule has 0 atom stereocenters. The highest BCUT2D eigenvalue weighted by molar-refractivity contribution is 6.46. The number of carbonyl (C=O) groups is 2. The highest BCUT2D eigenvalue weighted by Crippen LogP contribution is 2.36. The third-order valence-corrected chi connectivity index (χ3v) is 4.33. The van der Waals surface area contributed by atoms with Crippen LogP contribution in [0.25, 0.3) is 0 Å². The Kier molecular flexibility index (Phi) is 6.53. The van der Waals surface area contributed by atoms with E-state index in [4.69, 9.17) is 46.4 Å². The summed E-state index contributed by atoms with van der Waals surface area (Å²) in [5.74, 6) is -0.711. The molecular formula is C17H12Cl4O3. The normalized spacial score (nSPS) is 11.0. The molecule has 0 radical (unpaired) electrons. The zero-order valence-electron chi connectivity index (χ0n) is 12.4. The van der Waals surface area contributed by atoms with Crippen molar-refractivity contribution in [2.24, 2.45) is 0 Å². The van der Waals surface area contributed by atoms with E-state index in [2.05, 4.69) is 4.74 Å². The van der Waals surface area contributed by atoms with Crippen molar-refractivity contribution in [1.29, 1.82) is 0 Å². The van der Waals surface area contributed by atoms with Gasteiger partial charge < -0.3 is 4.74 Å². The van der Waals surface area contributed by atoms with Crippen LogP contribution in [0.15, 0.2) is 42.5 Å². The number of rotatable bonds is 5. The van der Waals surface area contributed by atoms with Crippen LogP contribution in [0.2, 0.25) is 0 Å². The van der Waals surface area contributed by atoms with E-state index in [1.54, 1.807) is 30.3 Å². The van der Waals surface area contributed by atoms with Crippen LogP contribution in [0.4, 0.5) is 0 Å². The summed E-state index contributed by atoms with van der Waals surface area (Å²) >= 11 is 23.6. The summed E-state index contributed by atoms with van der Waals surface area (Å²) in [6, 6.07) is 10.9. The molecule has 2 aromatic rings. The number of halogens is 4. The second-order valence-corrected chi connectivity index (χ2v) is 7.04. The molecule has 0 aliphatic rings. The second-order valence-electron chi connectivity index (χ2n) is 4.84. The lowest BCUT2D eigenvalue weighted by Gasteiger charge is -2.13. The van der Waals surface area contributed by atoms with Crippen LogP contribution in [0.1, 0.15) is 47.1 Å². The number of hydrogen-bond donors (Lipinski definition) is 0. The van der Waals surface area contributed by atoms with Gasteiger partial charge in [0.2, 0.25) is 0 Å². The lowest BCUT2D eigenvalue weighted by molar-refractivity contribution is 0.0600. The molecule has 0 aliphatic heterocycles. The molecule has 0 unspecified atom stereocenters. The minimum Gasteiger partial charge on any atom is -0.465 e. The molecule has 0 saturated carbocycles. The summed E-state index contributed by atoms with van der Waals surface area (Å²) in [4.78, 5) is 22.3. The fourth-order valence-electron chi connectivity index (χ4n) is 2.15. The van der Waals surface area contributed by atoms with Crippen molar-refractivity contribution < 1.29 is 14.3 Å². The number of carbonyl (C=O) groups excluding carboxylic acids is 2. The maximum Gasteiger partial charge on any atom is 0.337 e. The number of ketones is 1. The Bertz CT molecular complexity index is 755. The van der Waals surface area contributed by atoms with Crippen LogP contribution in [0.3, 0.4) is 0 Å². The highest BCUT2D eigenvalue weighted by Gasteiger charge is 2.19.